The maximum absolute atomic E-state index is 12.6. The number of H-pyrrole nitrogens is 1. The summed E-state index contributed by atoms with van der Waals surface area (Å²) in [6.07, 6.45) is 3.17. The van der Waals surface area contributed by atoms with Crippen molar-refractivity contribution in [2.45, 2.75) is 51.4 Å². The van der Waals surface area contributed by atoms with E-state index in [-0.39, 0.29) is 5.92 Å². The van der Waals surface area contributed by atoms with E-state index < -0.39 is 11.9 Å². The molecular formula is C16H22F3N5. The Morgan fingerprint density at radius 2 is 2.00 bits per heavy atom. The van der Waals surface area contributed by atoms with Crippen molar-refractivity contribution in [3.05, 3.63) is 35.7 Å². The fourth-order valence-corrected chi connectivity index (χ4v) is 3.15. The van der Waals surface area contributed by atoms with Gasteiger partial charge in [0.15, 0.2) is 0 Å². The standard InChI is InChI=1S/C16H22F3N5/c1-2-5-24-11-12(8-21-24)10-23-6-3-13(4-7-23)15-20-9-14(22-15)16(17,18)19/h8-9,11,13H,2-7,10H2,1H3,(H,20,22). The van der Waals surface area contributed by atoms with Gasteiger partial charge in [0.25, 0.3) is 0 Å². The minimum atomic E-state index is -4.36. The van der Waals surface area contributed by atoms with Gasteiger partial charge in [0.05, 0.1) is 12.4 Å². The molecule has 5 nitrogen and oxygen atoms in total. The number of imidazole rings is 1. The molecule has 24 heavy (non-hydrogen) atoms. The lowest BCUT2D eigenvalue weighted by atomic mass is 9.96. The Morgan fingerprint density at radius 1 is 1.25 bits per heavy atom. The van der Waals surface area contributed by atoms with Gasteiger partial charge in [-0.2, -0.15) is 18.3 Å². The van der Waals surface area contributed by atoms with Gasteiger partial charge >= 0.3 is 6.18 Å². The van der Waals surface area contributed by atoms with Gasteiger partial charge in [-0.3, -0.25) is 9.58 Å². The molecule has 0 unspecified atom stereocenters. The van der Waals surface area contributed by atoms with E-state index in [1.165, 1.54) is 5.56 Å². The molecule has 1 fully saturated rings. The number of hydrogen-bond acceptors (Lipinski definition) is 3. The van der Waals surface area contributed by atoms with Gasteiger partial charge in [-0.25, -0.2) is 4.98 Å². The molecule has 1 N–H and O–H groups in total. The first-order valence-electron chi connectivity index (χ1n) is 8.31. The smallest absolute Gasteiger partial charge is 0.338 e. The predicted molar refractivity (Wildman–Crippen MR) is 83.4 cm³/mol. The van der Waals surface area contributed by atoms with Crippen molar-refractivity contribution in [2.24, 2.45) is 0 Å². The predicted octanol–water partition coefficient (Wildman–Crippen LogP) is 3.41. The lowest BCUT2D eigenvalue weighted by molar-refractivity contribution is -0.141. The SMILES string of the molecule is CCCn1cc(CN2CCC(c3ncc(C(F)(F)F)[nH]3)CC2)cn1. The van der Waals surface area contributed by atoms with Gasteiger partial charge < -0.3 is 4.98 Å². The molecule has 0 radical (unpaired) electrons. The third-order valence-corrected chi connectivity index (χ3v) is 4.42. The van der Waals surface area contributed by atoms with Crippen LogP contribution in [-0.4, -0.2) is 37.7 Å². The second kappa shape index (κ2) is 6.96. The lowest BCUT2D eigenvalue weighted by Gasteiger charge is -2.30. The van der Waals surface area contributed by atoms with Crippen LogP contribution in [0.4, 0.5) is 13.2 Å². The van der Waals surface area contributed by atoms with Crippen LogP contribution in [0.2, 0.25) is 0 Å². The summed E-state index contributed by atoms with van der Waals surface area (Å²) in [5.41, 5.74) is 0.419. The summed E-state index contributed by atoms with van der Waals surface area (Å²) >= 11 is 0. The number of nitrogens with zero attached hydrogens (tertiary/aromatic N) is 4. The molecule has 0 atom stereocenters. The monoisotopic (exact) mass is 341 g/mol. The third kappa shape index (κ3) is 3.98. The van der Waals surface area contributed by atoms with Gasteiger partial charge in [-0.15, -0.1) is 0 Å². The van der Waals surface area contributed by atoms with Gasteiger partial charge in [-0.1, -0.05) is 6.92 Å². The topological polar surface area (TPSA) is 49.7 Å². The molecule has 0 bridgehead atoms. The normalized spacial score (nSPS) is 17.5. The van der Waals surface area contributed by atoms with Crippen molar-refractivity contribution >= 4 is 0 Å². The van der Waals surface area contributed by atoms with E-state index in [1.807, 2.05) is 10.9 Å². The Bertz CT molecular complexity index is 653. The highest BCUT2D eigenvalue weighted by molar-refractivity contribution is 5.10. The molecule has 2 aromatic rings. The average molecular weight is 341 g/mol. The van der Waals surface area contributed by atoms with Crippen LogP contribution in [0.5, 0.6) is 0 Å². The van der Waals surface area contributed by atoms with Gasteiger partial charge in [0.2, 0.25) is 0 Å². The zero-order valence-electron chi connectivity index (χ0n) is 13.7. The first-order valence-corrected chi connectivity index (χ1v) is 8.31. The van der Waals surface area contributed by atoms with E-state index in [0.717, 1.165) is 51.6 Å². The van der Waals surface area contributed by atoms with E-state index in [1.54, 1.807) is 0 Å². The number of halogens is 3. The number of alkyl halides is 3. The van der Waals surface area contributed by atoms with Crippen molar-refractivity contribution < 1.29 is 13.2 Å². The molecule has 0 aromatic carbocycles. The van der Waals surface area contributed by atoms with Crippen LogP contribution in [-0.2, 0) is 19.3 Å². The first kappa shape index (κ1) is 17.0. The summed E-state index contributed by atoms with van der Waals surface area (Å²) in [6, 6.07) is 0. The number of aromatic nitrogens is 4. The van der Waals surface area contributed by atoms with Crippen molar-refractivity contribution in [3.63, 3.8) is 0 Å². The number of piperidine rings is 1. The number of likely N-dealkylation sites (tertiary alicyclic amines) is 1. The molecule has 132 valence electrons. The highest BCUT2D eigenvalue weighted by Gasteiger charge is 2.34. The Balaban J connectivity index is 1.52. The minimum absolute atomic E-state index is 0.0696. The zero-order chi connectivity index (χ0) is 17.2. The van der Waals surface area contributed by atoms with Crippen LogP contribution >= 0.6 is 0 Å². The molecule has 0 spiro atoms. The molecule has 0 amide bonds. The van der Waals surface area contributed by atoms with Crippen molar-refractivity contribution in [1.82, 2.24) is 24.6 Å². The molecular weight excluding hydrogens is 319 g/mol. The Kier molecular flexibility index (Phi) is 4.93. The van der Waals surface area contributed by atoms with Crippen molar-refractivity contribution in [1.29, 1.82) is 0 Å². The van der Waals surface area contributed by atoms with Crippen LogP contribution < -0.4 is 0 Å². The summed E-state index contributed by atoms with van der Waals surface area (Å²) in [6.45, 7) is 5.58. The maximum atomic E-state index is 12.6. The average Bonchev–Trinajstić information content (AvgIpc) is 3.18. The van der Waals surface area contributed by atoms with Gasteiger partial charge in [0, 0.05) is 30.8 Å². The van der Waals surface area contributed by atoms with E-state index in [0.29, 0.717) is 5.82 Å². The Hall–Kier alpha value is -1.83. The number of aromatic amines is 1. The summed E-state index contributed by atoms with van der Waals surface area (Å²) in [7, 11) is 0. The van der Waals surface area contributed by atoms with Crippen molar-refractivity contribution in [3.8, 4) is 0 Å². The van der Waals surface area contributed by atoms with Crippen LogP contribution in [0.3, 0.4) is 0 Å². The van der Waals surface area contributed by atoms with Crippen LogP contribution in [0.1, 0.15) is 49.2 Å². The second-order valence-electron chi connectivity index (χ2n) is 6.34. The maximum Gasteiger partial charge on any atom is 0.432 e. The highest BCUT2D eigenvalue weighted by Crippen LogP contribution is 2.31. The lowest BCUT2D eigenvalue weighted by Crippen LogP contribution is -2.32. The number of rotatable bonds is 5. The summed E-state index contributed by atoms with van der Waals surface area (Å²) in [5.74, 6) is 0.526. The molecule has 3 heterocycles. The number of aryl methyl sites for hydroxylation is 1. The molecule has 3 rings (SSSR count). The quantitative estimate of drug-likeness (QED) is 0.907. The Morgan fingerprint density at radius 3 is 2.62 bits per heavy atom. The summed E-state index contributed by atoms with van der Waals surface area (Å²) in [4.78, 5) is 8.69. The second-order valence-corrected chi connectivity index (χ2v) is 6.34. The zero-order valence-corrected chi connectivity index (χ0v) is 13.7. The molecule has 1 aliphatic heterocycles. The van der Waals surface area contributed by atoms with Crippen LogP contribution in [0.15, 0.2) is 18.6 Å². The number of hydrogen-bond donors (Lipinski definition) is 1. The van der Waals surface area contributed by atoms with E-state index >= 15 is 0 Å². The van der Waals surface area contributed by atoms with Crippen molar-refractivity contribution in [2.75, 3.05) is 13.1 Å². The molecule has 2 aromatic heterocycles. The fourth-order valence-electron chi connectivity index (χ4n) is 3.15. The van der Waals surface area contributed by atoms with E-state index in [9.17, 15) is 13.2 Å². The van der Waals surface area contributed by atoms with E-state index in [2.05, 4.69) is 33.1 Å². The summed E-state index contributed by atoms with van der Waals surface area (Å²) in [5, 5.41) is 4.33. The van der Waals surface area contributed by atoms with E-state index in [4.69, 9.17) is 0 Å². The first-order chi connectivity index (χ1) is 11.5. The molecule has 1 aliphatic rings. The molecule has 0 saturated carbocycles. The molecule has 0 aliphatic carbocycles. The van der Waals surface area contributed by atoms with Crippen LogP contribution in [0.25, 0.3) is 0 Å². The largest absolute Gasteiger partial charge is 0.432 e. The molecule has 1 saturated heterocycles. The highest BCUT2D eigenvalue weighted by atomic mass is 19.4. The Labute approximate surface area is 138 Å². The molecule has 8 heteroatoms. The van der Waals surface area contributed by atoms with Gasteiger partial charge in [-0.05, 0) is 32.4 Å². The fraction of sp³-hybridized carbons (Fsp3) is 0.625. The minimum Gasteiger partial charge on any atom is -0.338 e. The number of nitrogens with one attached hydrogen (secondary N) is 1. The third-order valence-electron chi connectivity index (χ3n) is 4.42. The van der Waals surface area contributed by atoms with Gasteiger partial charge in [0.1, 0.15) is 11.5 Å². The summed E-state index contributed by atoms with van der Waals surface area (Å²) < 4.78 is 39.9. The van der Waals surface area contributed by atoms with Crippen LogP contribution in [0, 0.1) is 0 Å².